The highest BCUT2D eigenvalue weighted by atomic mass is 19.1. The van der Waals surface area contributed by atoms with Gasteiger partial charge in [0.2, 0.25) is 0 Å². The average Bonchev–Trinajstić information content (AvgIpc) is 3.46. The smallest absolute Gasteiger partial charge is 0.254 e. The maximum Gasteiger partial charge on any atom is 0.254 e. The topological polar surface area (TPSA) is 94.1 Å². The first-order valence-corrected chi connectivity index (χ1v) is 13.5. The second-order valence-electron chi connectivity index (χ2n) is 10.1. The van der Waals surface area contributed by atoms with Crippen molar-refractivity contribution in [3.63, 3.8) is 0 Å². The Morgan fingerprint density at radius 3 is 2.21 bits per heavy atom. The number of benzene rings is 3. The normalized spacial score (nSPS) is 17.4. The molecule has 0 radical (unpaired) electrons. The third-order valence-corrected chi connectivity index (χ3v) is 7.32. The number of halogens is 2. The standard InChI is InChI=1S/C30H32F2N4O3/c31-24-4-1-21(2-5-24)27-18-22(3-6-28(27)39-26-8-10-34-19-26)29(37)35-11-13-36(14-12-35)30(38)23-15-20(7-9-33)16-25(32)17-23/h1-6,15-18,26,34H,7-14,19,33H2/p+2/t26-/m0/s1. The molecule has 9 heteroatoms. The number of nitrogens with two attached hydrogens (primary N) is 1. The van der Waals surface area contributed by atoms with Crippen LogP contribution in [0.15, 0.2) is 60.7 Å². The van der Waals surface area contributed by atoms with Crippen molar-refractivity contribution < 1.29 is 34.2 Å². The lowest BCUT2D eigenvalue weighted by atomic mass is 10.0. The van der Waals surface area contributed by atoms with Crippen molar-refractivity contribution in [2.45, 2.75) is 18.9 Å². The summed E-state index contributed by atoms with van der Waals surface area (Å²) in [5.74, 6) is -0.482. The van der Waals surface area contributed by atoms with Crippen LogP contribution in [0, 0.1) is 11.6 Å². The molecule has 204 valence electrons. The number of carbonyl (C=O) groups excluding carboxylic acids is 2. The molecule has 2 fully saturated rings. The lowest BCUT2D eigenvalue weighted by Gasteiger charge is -2.35. The minimum atomic E-state index is -0.437. The number of hydrogen-bond donors (Lipinski definition) is 2. The van der Waals surface area contributed by atoms with Crippen molar-refractivity contribution in [3.05, 3.63) is 89.0 Å². The monoisotopic (exact) mass is 536 g/mol. The molecule has 2 aliphatic heterocycles. The number of quaternary nitrogens is 2. The van der Waals surface area contributed by atoms with Gasteiger partial charge in [-0.2, -0.15) is 0 Å². The summed E-state index contributed by atoms with van der Waals surface area (Å²) in [6.45, 7) is 3.96. The summed E-state index contributed by atoms with van der Waals surface area (Å²) in [5.41, 5.74) is 6.88. The molecule has 0 spiro atoms. The zero-order valence-electron chi connectivity index (χ0n) is 21.9. The second-order valence-corrected chi connectivity index (χ2v) is 10.1. The van der Waals surface area contributed by atoms with Gasteiger partial charge in [-0.1, -0.05) is 12.1 Å². The summed E-state index contributed by atoms with van der Waals surface area (Å²) in [5, 5.41) is 2.21. The first kappa shape index (κ1) is 26.8. The van der Waals surface area contributed by atoms with E-state index in [1.807, 2.05) is 6.07 Å². The number of ether oxygens (including phenoxy) is 1. The molecule has 7 nitrogen and oxygen atoms in total. The molecule has 0 unspecified atom stereocenters. The predicted molar refractivity (Wildman–Crippen MR) is 142 cm³/mol. The minimum absolute atomic E-state index is 0.0872. The fraction of sp³-hybridized carbons (Fsp3) is 0.333. The Balaban J connectivity index is 1.30. The number of nitrogens with zero attached hydrogens (tertiary/aromatic N) is 2. The van der Waals surface area contributed by atoms with E-state index in [4.69, 9.17) is 4.74 Å². The molecular formula is C30H34F2N4O3+2. The van der Waals surface area contributed by atoms with Crippen LogP contribution in [0.5, 0.6) is 5.75 Å². The van der Waals surface area contributed by atoms with E-state index < -0.39 is 5.82 Å². The SMILES string of the molecule is [NH3+]CCc1cc(F)cc(C(=O)N2CCN(C(=O)c3ccc(O[C@H]4CC[NH2+]C4)c(-c4ccc(F)cc4)c3)CC2)c1. The van der Waals surface area contributed by atoms with E-state index in [2.05, 4.69) is 11.1 Å². The maximum atomic E-state index is 14.1. The Kier molecular flexibility index (Phi) is 8.18. The zero-order valence-corrected chi connectivity index (χ0v) is 21.9. The molecule has 2 saturated heterocycles. The van der Waals surface area contributed by atoms with Crippen molar-refractivity contribution in [2.75, 3.05) is 45.8 Å². The summed E-state index contributed by atoms with van der Waals surface area (Å²) in [4.78, 5) is 29.9. The van der Waals surface area contributed by atoms with Gasteiger partial charge in [0.15, 0.2) is 6.10 Å². The van der Waals surface area contributed by atoms with Gasteiger partial charge in [0.05, 0.1) is 13.1 Å². The molecule has 3 aromatic carbocycles. The average molecular weight is 537 g/mol. The van der Waals surface area contributed by atoms with Gasteiger partial charge in [0.25, 0.3) is 11.8 Å². The van der Waals surface area contributed by atoms with Crippen LogP contribution in [0.3, 0.4) is 0 Å². The van der Waals surface area contributed by atoms with Crippen molar-refractivity contribution in [3.8, 4) is 16.9 Å². The molecule has 0 aromatic heterocycles. The van der Waals surface area contributed by atoms with E-state index in [0.717, 1.165) is 36.2 Å². The summed E-state index contributed by atoms with van der Waals surface area (Å²) in [7, 11) is 0. The molecule has 2 heterocycles. The van der Waals surface area contributed by atoms with Crippen LogP contribution in [0.4, 0.5) is 8.78 Å². The van der Waals surface area contributed by atoms with Crippen LogP contribution >= 0.6 is 0 Å². The largest absolute Gasteiger partial charge is 0.484 e. The molecule has 2 aliphatic rings. The number of piperazine rings is 1. The Labute approximate surface area is 226 Å². The number of carbonyl (C=O) groups is 2. The molecule has 0 saturated carbocycles. The van der Waals surface area contributed by atoms with Crippen LogP contribution < -0.4 is 15.8 Å². The quantitative estimate of drug-likeness (QED) is 0.482. The van der Waals surface area contributed by atoms with Crippen LogP contribution in [-0.4, -0.2) is 73.5 Å². The van der Waals surface area contributed by atoms with Crippen LogP contribution in [0.25, 0.3) is 11.1 Å². The summed E-state index contributed by atoms with van der Waals surface area (Å²) < 4.78 is 33.9. The predicted octanol–water partition coefficient (Wildman–Crippen LogP) is 1.73. The Hall–Kier alpha value is -3.82. The van der Waals surface area contributed by atoms with E-state index in [1.165, 1.54) is 24.3 Å². The second kappa shape index (κ2) is 11.9. The Bertz CT molecular complexity index is 1330. The molecule has 0 bridgehead atoms. The molecular weight excluding hydrogens is 502 g/mol. The van der Waals surface area contributed by atoms with Crippen molar-refractivity contribution >= 4 is 11.8 Å². The highest BCUT2D eigenvalue weighted by molar-refractivity contribution is 5.97. The highest BCUT2D eigenvalue weighted by Crippen LogP contribution is 2.33. The third-order valence-electron chi connectivity index (χ3n) is 7.32. The zero-order chi connectivity index (χ0) is 27.4. The van der Waals surface area contributed by atoms with E-state index in [0.29, 0.717) is 56.0 Å². The first-order chi connectivity index (χ1) is 18.9. The summed E-state index contributed by atoms with van der Waals surface area (Å²) >= 11 is 0. The van der Waals surface area contributed by atoms with Crippen LogP contribution in [-0.2, 0) is 6.42 Å². The lowest BCUT2D eigenvalue weighted by molar-refractivity contribution is -0.638. The molecule has 1 atom stereocenters. The highest BCUT2D eigenvalue weighted by Gasteiger charge is 2.27. The first-order valence-electron chi connectivity index (χ1n) is 13.5. The summed E-state index contributed by atoms with van der Waals surface area (Å²) in [6.07, 6.45) is 1.63. The fourth-order valence-electron chi connectivity index (χ4n) is 5.23. The van der Waals surface area contributed by atoms with Gasteiger partial charge in [-0.3, -0.25) is 9.59 Å². The van der Waals surface area contributed by atoms with Gasteiger partial charge >= 0.3 is 0 Å². The van der Waals surface area contributed by atoms with E-state index in [-0.39, 0.29) is 23.7 Å². The molecule has 5 N–H and O–H groups in total. The number of hydrogen-bond acceptors (Lipinski definition) is 3. The van der Waals surface area contributed by atoms with E-state index in [9.17, 15) is 18.4 Å². The van der Waals surface area contributed by atoms with Gasteiger partial charge in [-0.25, -0.2) is 8.78 Å². The Morgan fingerprint density at radius 2 is 1.56 bits per heavy atom. The van der Waals surface area contributed by atoms with Crippen molar-refractivity contribution in [1.82, 2.24) is 9.80 Å². The van der Waals surface area contributed by atoms with Crippen LogP contribution in [0.1, 0.15) is 32.7 Å². The van der Waals surface area contributed by atoms with E-state index in [1.54, 1.807) is 40.1 Å². The van der Waals surface area contributed by atoms with Gasteiger partial charge in [0.1, 0.15) is 23.9 Å². The molecule has 3 aromatic rings. The third kappa shape index (κ3) is 6.26. The Morgan fingerprint density at radius 1 is 0.872 bits per heavy atom. The molecule has 39 heavy (non-hydrogen) atoms. The maximum absolute atomic E-state index is 14.1. The summed E-state index contributed by atoms with van der Waals surface area (Å²) in [6, 6.07) is 16.0. The minimum Gasteiger partial charge on any atom is -0.484 e. The number of rotatable bonds is 7. The van der Waals surface area contributed by atoms with Gasteiger partial charge in [0, 0.05) is 55.7 Å². The molecule has 5 rings (SSSR count). The fourth-order valence-corrected chi connectivity index (χ4v) is 5.23. The van der Waals surface area contributed by atoms with E-state index >= 15 is 0 Å². The lowest BCUT2D eigenvalue weighted by Crippen LogP contribution is -2.81. The molecule has 2 amide bonds. The van der Waals surface area contributed by atoms with Crippen LogP contribution in [0.2, 0.25) is 0 Å². The van der Waals surface area contributed by atoms with Crippen molar-refractivity contribution in [2.24, 2.45) is 0 Å². The van der Waals surface area contributed by atoms with Crippen molar-refractivity contribution in [1.29, 1.82) is 0 Å². The van der Waals surface area contributed by atoms with Gasteiger partial charge in [-0.05, 0) is 59.7 Å². The van der Waals surface area contributed by atoms with Gasteiger partial charge in [-0.15, -0.1) is 0 Å². The van der Waals surface area contributed by atoms with Gasteiger partial charge < -0.3 is 25.6 Å². The number of amides is 2. The molecule has 0 aliphatic carbocycles.